The molecule has 0 aliphatic rings. The van der Waals surface area contributed by atoms with E-state index in [1.807, 2.05) is 0 Å². The van der Waals surface area contributed by atoms with E-state index >= 15 is 0 Å². The van der Waals surface area contributed by atoms with Crippen LogP contribution in [0.3, 0.4) is 0 Å². The number of rotatable bonds is 4. The molecule has 1 aromatic carbocycles. The molecule has 1 amide bonds. The Morgan fingerprint density at radius 1 is 1.19 bits per heavy atom. The van der Waals surface area contributed by atoms with Crippen LogP contribution in [0.25, 0.3) is 0 Å². The number of benzene rings is 1. The van der Waals surface area contributed by atoms with E-state index in [-0.39, 0.29) is 22.3 Å². The molecular weight excluding hydrogens is 292 g/mol. The fourth-order valence-corrected chi connectivity index (χ4v) is 2.65. The van der Waals surface area contributed by atoms with Gasteiger partial charge in [-0.3, -0.25) is 9.52 Å². The zero-order chi connectivity index (χ0) is 15.5. The van der Waals surface area contributed by atoms with E-state index in [9.17, 15) is 13.2 Å². The highest BCUT2D eigenvalue weighted by molar-refractivity contribution is 7.92. The first-order valence-corrected chi connectivity index (χ1v) is 7.48. The maximum Gasteiger partial charge on any atom is 0.263 e. The second-order valence-corrected chi connectivity index (χ2v) is 5.93. The lowest BCUT2D eigenvalue weighted by molar-refractivity contribution is -0.114. The SMILES string of the molecule is CC(=O)Nc1ccc(S(=O)(=O)Nc2ncccc2N)cc1. The van der Waals surface area contributed by atoms with Crippen molar-refractivity contribution < 1.29 is 13.2 Å². The Kier molecular flexibility index (Phi) is 4.08. The molecule has 4 N–H and O–H groups in total. The summed E-state index contributed by atoms with van der Waals surface area (Å²) in [6.07, 6.45) is 1.44. The van der Waals surface area contributed by atoms with Gasteiger partial charge < -0.3 is 11.1 Å². The molecule has 21 heavy (non-hydrogen) atoms. The van der Waals surface area contributed by atoms with Crippen molar-refractivity contribution in [3.05, 3.63) is 42.6 Å². The van der Waals surface area contributed by atoms with Crippen LogP contribution in [-0.4, -0.2) is 19.3 Å². The number of anilines is 3. The molecule has 0 saturated heterocycles. The van der Waals surface area contributed by atoms with Crippen molar-refractivity contribution in [2.24, 2.45) is 0 Å². The molecule has 8 heteroatoms. The molecule has 0 radical (unpaired) electrons. The van der Waals surface area contributed by atoms with Gasteiger partial charge in [0.1, 0.15) is 0 Å². The molecule has 7 nitrogen and oxygen atoms in total. The number of nitrogens with zero attached hydrogens (tertiary/aromatic N) is 1. The van der Waals surface area contributed by atoms with Crippen LogP contribution in [0.4, 0.5) is 17.2 Å². The predicted molar refractivity (Wildman–Crippen MR) is 80.2 cm³/mol. The minimum absolute atomic E-state index is 0.0432. The molecule has 0 spiro atoms. The number of aromatic nitrogens is 1. The third-order valence-electron chi connectivity index (χ3n) is 2.55. The number of amides is 1. The summed E-state index contributed by atoms with van der Waals surface area (Å²) < 4.78 is 26.7. The van der Waals surface area contributed by atoms with Crippen molar-refractivity contribution in [3.8, 4) is 0 Å². The lowest BCUT2D eigenvalue weighted by atomic mass is 10.3. The van der Waals surface area contributed by atoms with Gasteiger partial charge in [0, 0.05) is 18.8 Å². The van der Waals surface area contributed by atoms with Crippen molar-refractivity contribution in [3.63, 3.8) is 0 Å². The average Bonchev–Trinajstić information content (AvgIpc) is 2.41. The number of nitrogens with one attached hydrogen (secondary N) is 2. The van der Waals surface area contributed by atoms with E-state index in [1.165, 1.54) is 37.4 Å². The molecule has 0 saturated carbocycles. The second kappa shape index (κ2) is 5.80. The number of hydrogen-bond acceptors (Lipinski definition) is 5. The average molecular weight is 306 g/mol. The van der Waals surface area contributed by atoms with E-state index < -0.39 is 10.0 Å². The summed E-state index contributed by atoms with van der Waals surface area (Å²) in [5.74, 6) is -0.159. The Balaban J connectivity index is 2.24. The molecule has 0 aliphatic carbocycles. The molecule has 0 aliphatic heterocycles. The number of hydrogen-bond donors (Lipinski definition) is 3. The molecule has 0 atom stereocenters. The van der Waals surface area contributed by atoms with Gasteiger partial charge in [-0.25, -0.2) is 13.4 Å². The first kappa shape index (κ1) is 14.8. The first-order valence-electron chi connectivity index (χ1n) is 5.99. The van der Waals surface area contributed by atoms with Crippen LogP contribution in [0.5, 0.6) is 0 Å². The lowest BCUT2D eigenvalue weighted by Gasteiger charge is -2.09. The Hall–Kier alpha value is -2.61. The third kappa shape index (κ3) is 3.69. The van der Waals surface area contributed by atoms with Crippen LogP contribution in [0.1, 0.15) is 6.92 Å². The van der Waals surface area contributed by atoms with Crippen molar-refractivity contribution in [2.45, 2.75) is 11.8 Å². The number of nitrogens with two attached hydrogens (primary N) is 1. The summed E-state index contributed by atoms with van der Waals surface area (Å²) >= 11 is 0. The summed E-state index contributed by atoms with van der Waals surface area (Å²) in [6, 6.07) is 8.91. The molecule has 2 rings (SSSR count). The van der Waals surface area contributed by atoms with Crippen molar-refractivity contribution >= 4 is 33.1 Å². The highest BCUT2D eigenvalue weighted by Crippen LogP contribution is 2.20. The third-order valence-corrected chi connectivity index (χ3v) is 3.91. The van der Waals surface area contributed by atoms with Crippen LogP contribution in [0.2, 0.25) is 0 Å². The van der Waals surface area contributed by atoms with Gasteiger partial charge in [-0.2, -0.15) is 0 Å². The number of pyridine rings is 1. The quantitative estimate of drug-likeness (QED) is 0.790. The fourth-order valence-electron chi connectivity index (χ4n) is 1.61. The minimum atomic E-state index is -3.79. The molecule has 1 aromatic heterocycles. The van der Waals surface area contributed by atoms with Crippen LogP contribution in [0.15, 0.2) is 47.5 Å². The largest absolute Gasteiger partial charge is 0.396 e. The maximum absolute atomic E-state index is 12.2. The van der Waals surface area contributed by atoms with Gasteiger partial charge in [0.15, 0.2) is 5.82 Å². The molecular formula is C13H14N4O3S. The van der Waals surface area contributed by atoms with Gasteiger partial charge in [-0.1, -0.05) is 0 Å². The molecule has 2 aromatic rings. The Labute approximate surface area is 122 Å². The maximum atomic E-state index is 12.2. The Morgan fingerprint density at radius 2 is 1.86 bits per heavy atom. The van der Waals surface area contributed by atoms with Gasteiger partial charge in [-0.05, 0) is 36.4 Å². The smallest absolute Gasteiger partial charge is 0.263 e. The monoisotopic (exact) mass is 306 g/mol. The molecule has 1 heterocycles. The first-order chi connectivity index (χ1) is 9.88. The van der Waals surface area contributed by atoms with Crippen molar-refractivity contribution in [1.29, 1.82) is 0 Å². The zero-order valence-corrected chi connectivity index (χ0v) is 12.0. The minimum Gasteiger partial charge on any atom is -0.396 e. The van der Waals surface area contributed by atoms with Gasteiger partial charge in [0.2, 0.25) is 5.91 Å². The highest BCUT2D eigenvalue weighted by atomic mass is 32.2. The van der Waals surface area contributed by atoms with Crippen molar-refractivity contribution in [2.75, 3.05) is 15.8 Å². The van der Waals surface area contributed by atoms with Gasteiger partial charge in [0.25, 0.3) is 10.0 Å². The standard InChI is InChI=1S/C13H14N4O3S/c1-9(18)16-10-4-6-11(7-5-10)21(19,20)17-13-12(14)3-2-8-15-13/h2-8H,14H2,1H3,(H,15,17)(H,16,18). The molecule has 0 unspecified atom stereocenters. The highest BCUT2D eigenvalue weighted by Gasteiger charge is 2.16. The fraction of sp³-hybridized carbons (Fsp3) is 0.0769. The summed E-state index contributed by atoms with van der Waals surface area (Å²) in [7, 11) is -3.79. The zero-order valence-electron chi connectivity index (χ0n) is 11.2. The normalized spacial score (nSPS) is 10.9. The number of carbonyl (C=O) groups is 1. The van der Waals surface area contributed by atoms with E-state index in [4.69, 9.17) is 5.73 Å². The topological polar surface area (TPSA) is 114 Å². The summed E-state index contributed by atoms with van der Waals surface area (Å²) in [6.45, 7) is 1.37. The molecule has 0 bridgehead atoms. The summed E-state index contributed by atoms with van der Waals surface area (Å²) in [4.78, 5) is 14.8. The Bertz CT molecular complexity index is 757. The lowest BCUT2D eigenvalue weighted by Crippen LogP contribution is -2.15. The number of sulfonamides is 1. The van der Waals surface area contributed by atoms with E-state index in [1.54, 1.807) is 12.1 Å². The Morgan fingerprint density at radius 3 is 2.43 bits per heavy atom. The number of nitrogen functional groups attached to an aromatic ring is 1. The van der Waals surface area contributed by atoms with Crippen LogP contribution in [0, 0.1) is 0 Å². The van der Waals surface area contributed by atoms with E-state index in [0.29, 0.717) is 5.69 Å². The predicted octanol–water partition coefficient (Wildman–Crippen LogP) is 1.42. The van der Waals surface area contributed by atoms with Crippen LogP contribution >= 0.6 is 0 Å². The van der Waals surface area contributed by atoms with Gasteiger partial charge in [0.05, 0.1) is 10.6 Å². The molecule has 0 fully saturated rings. The van der Waals surface area contributed by atoms with Crippen LogP contribution < -0.4 is 15.8 Å². The van der Waals surface area contributed by atoms with E-state index in [2.05, 4.69) is 15.0 Å². The summed E-state index contributed by atoms with van der Waals surface area (Å²) in [5.41, 5.74) is 6.39. The van der Waals surface area contributed by atoms with Crippen LogP contribution in [-0.2, 0) is 14.8 Å². The summed E-state index contributed by atoms with van der Waals surface area (Å²) in [5, 5.41) is 2.56. The van der Waals surface area contributed by atoms with Gasteiger partial charge >= 0.3 is 0 Å². The van der Waals surface area contributed by atoms with Crippen molar-refractivity contribution in [1.82, 2.24) is 4.98 Å². The van der Waals surface area contributed by atoms with E-state index in [0.717, 1.165) is 0 Å². The number of carbonyl (C=O) groups excluding carboxylic acids is 1. The second-order valence-electron chi connectivity index (χ2n) is 4.25. The molecule has 110 valence electrons. The van der Waals surface area contributed by atoms with Gasteiger partial charge in [-0.15, -0.1) is 0 Å².